The molecule has 6 heteroatoms. The van der Waals surface area contributed by atoms with E-state index in [1.54, 1.807) is 12.1 Å². The standard InChI is InChI=1S/C18H17NO4S/c1-3-11(2)19-18(21)12-8-9-14-16(10-12)24(22,23)15-7-5-4-6-13(15)17(14)20/h4-11H,3H2,1-2H3,(H,19,21)/t11-/m1/s1. The molecule has 5 nitrogen and oxygen atoms in total. The Morgan fingerprint density at radius 3 is 2.46 bits per heavy atom. The largest absolute Gasteiger partial charge is 0.350 e. The van der Waals surface area contributed by atoms with E-state index in [1.807, 2.05) is 13.8 Å². The summed E-state index contributed by atoms with van der Waals surface area (Å²) in [6, 6.07) is 10.3. The lowest BCUT2D eigenvalue weighted by atomic mass is 10.0. The van der Waals surface area contributed by atoms with Crippen LogP contribution in [-0.2, 0) is 9.84 Å². The number of ketones is 1. The van der Waals surface area contributed by atoms with Gasteiger partial charge in [0.1, 0.15) is 0 Å². The number of rotatable bonds is 3. The van der Waals surface area contributed by atoms with Crippen LogP contribution in [0.3, 0.4) is 0 Å². The number of fused-ring (bicyclic) bond motifs is 2. The van der Waals surface area contributed by atoms with Crippen LogP contribution in [0.5, 0.6) is 0 Å². The van der Waals surface area contributed by atoms with Gasteiger partial charge in [0.15, 0.2) is 5.78 Å². The second kappa shape index (κ2) is 5.87. The van der Waals surface area contributed by atoms with Gasteiger partial charge in [0.05, 0.1) is 9.79 Å². The molecule has 2 aromatic carbocycles. The molecule has 0 aliphatic carbocycles. The van der Waals surface area contributed by atoms with Gasteiger partial charge in [0, 0.05) is 22.7 Å². The van der Waals surface area contributed by atoms with Crippen molar-refractivity contribution in [3.05, 3.63) is 59.2 Å². The Morgan fingerprint density at radius 1 is 1.08 bits per heavy atom. The lowest BCUT2D eigenvalue weighted by molar-refractivity contribution is 0.0937. The molecule has 3 rings (SSSR count). The zero-order valence-corrected chi connectivity index (χ0v) is 14.2. The summed E-state index contributed by atoms with van der Waals surface area (Å²) >= 11 is 0. The smallest absolute Gasteiger partial charge is 0.251 e. The highest BCUT2D eigenvalue weighted by atomic mass is 32.2. The Balaban J connectivity index is 2.12. The Hall–Kier alpha value is -2.47. The highest BCUT2D eigenvalue weighted by molar-refractivity contribution is 7.91. The molecule has 124 valence electrons. The van der Waals surface area contributed by atoms with E-state index in [-0.39, 0.29) is 44.2 Å². The Bertz CT molecular complexity index is 947. The molecule has 0 unspecified atom stereocenters. The minimum Gasteiger partial charge on any atom is -0.350 e. The number of hydrogen-bond acceptors (Lipinski definition) is 4. The van der Waals surface area contributed by atoms with Gasteiger partial charge in [-0.15, -0.1) is 0 Å². The number of benzene rings is 2. The fraction of sp³-hybridized carbons (Fsp3) is 0.222. The fourth-order valence-corrected chi connectivity index (χ4v) is 4.31. The van der Waals surface area contributed by atoms with Gasteiger partial charge in [-0.1, -0.05) is 19.1 Å². The summed E-state index contributed by atoms with van der Waals surface area (Å²) in [6.07, 6.45) is 0.765. The van der Waals surface area contributed by atoms with Crippen molar-refractivity contribution in [2.75, 3.05) is 0 Å². The monoisotopic (exact) mass is 343 g/mol. The van der Waals surface area contributed by atoms with E-state index in [2.05, 4.69) is 5.32 Å². The molecule has 0 bridgehead atoms. The third kappa shape index (κ3) is 2.53. The van der Waals surface area contributed by atoms with Gasteiger partial charge in [0.2, 0.25) is 9.84 Å². The van der Waals surface area contributed by atoms with Crippen molar-refractivity contribution in [2.45, 2.75) is 36.1 Å². The summed E-state index contributed by atoms with van der Waals surface area (Å²) in [5.74, 6) is -0.696. The first kappa shape index (κ1) is 16.4. The topological polar surface area (TPSA) is 80.3 Å². The van der Waals surface area contributed by atoms with Crippen molar-refractivity contribution in [3.8, 4) is 0 Å². The zero-order chi connectivity index (χ0) is 17.5. The van der Waals surface area contributed by atoms with Crippen molar-refractivity contribution in [1.29, 1.82) is 0 Å². The first-order valence-corrected chi connectivity index (χ1v) is 9.18. The van der Waals surface area contributed by atoms with Gasteiger partial charge < -0.3 is 5.32 Å². The minimum atomic E-state index is -3.83. The zero-order valence-electron chi connectivity index (χ0n) is 13.4. The quantitative estimate of drug-likeness (QED) is 0.793. The molecule has 24 heavy (non-hydrogen) atoms. The molecule has 0 fully saturated rings. The first-order chi connectivity index (χ1) is 11.4. The lowest BCUT2D eigenvalue weighted by Gasteiger charge is -2.19. The van der Waals surface area contributed by atoms with Crippen molar-refractivity contribution < 1.29 is 18.0 Å². The molecule has 1 aliphatic heterocycles. The van der Waals surface area contributed by atoms with Crippen LogP contribution in [0.2, 0.25) is 0 Å². The maximum absolute atomic E-state index is 12.8. The SMILES string of the molecule is CC[C@@H](C)NC(=O)c1ccc2c(c1)S(=O)(=O)c1ccccc1C2=O. The number of carbonyl (C=O) groups excluding carboxylic acids is 2. The van der Waals surface area contributed by atoms with Crippen molar-refractivity contribution in [1.82, 2.24) is 5.32 Å². The molecule has 1 N–H and O–H groups in total. The Morgan fingerprint density at radius 2 is 1.75 bits per heavy atom. The van der Waals surface area contributed by atoms with E-state index < -0.39 is 9.84 Å². The second-order valence-electron chi connectivity index (χ2n) is 5.82. The van der Waals surface area contributed by atoms with Crippen LogP contribution in [0.1, 0.15) is 46.5 Å². The van der Waals surface area contributed by atoms with E-state index in [1.165, 1.54) is 30.3 Å². The molecule has 1 heterocycles. The molecule has 0 spiro atoms. The average Bonchev–Trinajstić information content (AvgIpc) is 2.59. The molecule has 0 saturated heterocycles. The predicted octanol–water partition coefficient (Wildman–Crippen LogP) is 2.59. The van der Waals surface area contributed by atoms with Gasteiger partial charge in [-0.3, -0.25) is 9.59 Å². The summed E-state index contributed by atoms with van der Waals surface area (Å²) in [5, 5.41) is 2.79. The van der Waals surface area contributed by atoms with Crippen molar-refractivity contribution in [3.63, 3.8) is 0 Å². The molecular weight excluding hydrogens is 326 g/mol. The molecule has 2 aromatic rings. The van der Waals surface area contributed by atoms with Crippen LogP contribution >= 0.6 is 0 Å². The van der Waals surface area contributed by atoms with Crippen LogP contribution in [0.15, 0.2) is 52.3 Å². The first-order valence-electron chi connectivity index (χ1n) is 7.70. The van der Waals surface area contributed by atoms with Gasteiger partial charge in [-0.25, -0.2) is 8.42 Å². The lowest BCUT2D eigenvalue weighted by Crippen LogP contribution is -2.32. The van der Waals surface area contributed by atoms with E-state index in [0.717, 1.165) is 6.42 Å². The highest BCUT2D eigenvalue weighted by Crippen LogP contribution is 2.34. The summed E-state index contributed by atoms with van der Waals surface area (Å²) in [6.45, 7) is 3.81. The molecule has 0 radical (unpaired) electrons. The van der Waals surface area contributed by atoms with Crippen LogP contribution in [-0.4, -0.2) is 26.2 Å². The number of carbonyl (C=O) groups is 2. The normalized spacial score (nSPS) is 16.0. The summed E-state index contributed by atoms with van der Waals surface area (Å²) in [7, 11) is -3.83. The van der Waals surface area contributed by atoms with Gasteiger partial charge in [-0.05, 0) is 43.7 Å². The number of nitrogens with one attached hydrogen (secondary N) is 1. The molecular formula is C18H17NO4S. The number of sulfone groups is 1. The Labute approximate surface area is 140 Å². The fourth-order valence-electron chi connectivity index (χ4n) is 2.63. The third-order valence-corrected chi connectivity index (χ3v) is 6.04. The second-order valence-corrected chi connectivity index (χ2v) is 7.71. The summed E-state index contributed by atoms with van der Waals surface area (Å²) < 4.78 is 25.6. The van der Waals surface area contributed by atoms with Crippen LogP contribution < -0.4 is 5.32 Å². The highest BCUT2D eigenvalue weighted by Gasteiger charge is 2.35. The molecule has 0 saturated carbocycles. The van der Waals surface area contributed by atoms with Crippen molar-refractivity contribution in [2.24, 2.45) is 0 Å². The average molecular weight is 343 g/mol. The van der Waals surface area contributed by atoms with Crippen LogP contribution in [0.4, 0.5) is 0 Å². The number of hydrogen-bond donors (Lipinski definition) is 1. The molecule has 1 atom stereocenters. The van der Waals surface area contributed by atoms with E-state index in [0.29, 0.717) is 0 Å². The maximum atomic E-state index is 12.8. The third-order valence-electron chi connectivity index (χ3n) is 4.19. The summed E-state index contributed by atoms with van der Waals surface area (Å²) in [4.78, 5) is 24.7. The van der Waals surface area contributed by atoms with Gasteiger partial charge >= 0.3 is 0 Å². The minimum absolute atomic E-state index is 0.0121. The molecule has 1 aliphatic rings. The van der Waals surface area contributed by atoms with E-state index >= 15 is 0 Å². The summed E-state index contributed by atoms with van der Waals surface area (Å²) in [5.41, 5.74) is 0.500. The van der Waals surface area contributed by atoms with Crippen molar-refractivity contribution >= 4 is 21.5 Å². The predicted molar refractivity (Wildman–Crippen MR) is 89.0 cm³/mol. The maximum Gasteiger partial charge on any atom is 0.251 e. The van der Waals surface area contributed by atoms with Crippen LogP contribution in [0, 0.1) is 0 Å². The van der Waals surface area contributed by atoms with Gasteiger partial charge in [-0.2, -0.15) is 0 Å². The van der Waals surface area contributed by atoms with Gasteiger partial charge in [0.25, 0.3) is 5.91 Å². The van der Waals surface area contributed by atoms with Crippen LogP contribution in [0.25, 0.3) is 0 Å². The molecule has 1 amide bonds. The van der Waals surface area contributed by atoms with E-state index in [4.69, 9.17) is 0 Å². The number of amides is 1. The van der Waals surface area contributed by atoms with E-state index in [9.17, 15) is 18.0 Å². The Kier molecular flexibility index (Phi) is 4.01. The molecule has 0 aromatic heterocycles.